The number of halogens is 8. The molecule has 0 aliphatic heterocycles. The van der Waals surface area contributed by atoms with Crippen LogP contribution >= 0.6 is 0 Å². The van der Waals surface area contributed by atoms with Crippen LogP contribution in [0.3, 0.4) is 0 Å². The van der Waals surface area contributed by atoms with Gasteiger partial charge in [0, 0.05) is 7.11 Å². The fourth-order valence-corrected chi connectivity index (χ4v) is 0.375. The molecule has 86 valence electrons. The van der Waals surface area contributed by atoms with Gasteiger partial charge in [0.1, 0.15) is 0 Å². The van der Waals surface area contributed by atoms with E-state index in [1.165, 1.54) is 0 Å². The molecule has 14 heavy (non-hydrogen) atoms. The molecule has 0 heterocycles. The maximum absolute atomic E-state index is 11.2. The van der Waals surface area contributed by atoms with Gasteiger partial charge in [0.05, 0.1) is 0 Å². The van der Waals surface area contributed by atoms with Gasteiger partial charge < -0.3 is 5.11 Å². The Labute approximate surface area is 72.6 Å². The third kappa shape index (κ3) is 5.00. The average Bonchev–Trinajstić information content (AvgIpc) is 1.82. The maximum atomic E-state index is 11.2. The molecule has 0 aliphatic rings. The quantitative estimate of drug-likeness (QED) is 0.636. The Morgan fingerprint density at radius 2 is 1.00 bits per heavy atom. The highest BCUT2D eigenvalue weighted by Gasteiger charge is 2.54. The molecular weight excluding hydrogens is 228 g/mol. The minimum atomic E-state index is -6.07. The van der Waals surface area contributed by atoms with Crippen LogP contribution in [0.2, 0.25) is 0 Å². The summed E-state index contributed by atoms with van der Waals surface area (Å²) in [5.41, 5.74) is -3.75. The Hall–Kier alpha value is -0.860. The number of allylic oxidation sites excluding steroid dienone is 1. The van der Waals surface area contributed by atoms with Crippen LogP contribution in [0.5, 0.6) is 0 Å². The maximum Gasteiger partial charge on any atom is 0.426 e. The second kappa shape index (κ2) is 5.13. The van der Waals surface area contributed by atoms with Gasteiger partial charge in [0.2, 0.25) is 5.57 Å². The normalized spacial score (nSPS) is 11.6. The van der Waals surface area contributed by atoms with Gasteiger partial charge in [-0.15, -0.1) is 0 Å². The molecule has 0 saturated heterocycles. The van der Waals surface area contributed by atoms with E-state index in [0.717, 1.165) is 7.11 Å². The lowest BCUT2D eigenvalue weighted by molar-refractivity contribution is -0.176. The topological polar surface area (TPSA) is 20.2 Å². The van der Waals surface area contributed by atoms with Gasteiger partial charge in [-0.05, 0) is 0 Å². The summed E-state index contributed by atoms with van der Waals surface area (Å²) < 4.78 is 89.5. The van der Waals surface area contributed by atoms with Crippen molar-refractivity contribution in [2.45, 2.75) is 12.4 Å². The van der Waals surface area contributed by atoms with E-state index in [-0.39, 0.29) is 0 Å². The molecule has 0 unspecified atom stereocenters. The fourth-order valence-electron chi connectivity index (χ4n) is 0.375. The zero-order chi connectivity index (χ0) is 12.2. The van der Waals surface area contributed by atoms with Crippen LogP contribution in [-0.4, -0.2) is 24.6 Å². The highest BCUT2D eigenvalue weighted by molar-refractivity contribution is 5.15. The summed E-state index contributed by atoms with van der Waals surface area (Å²) >= 11 is 0. The largest absolute Gasteiger partial charge is 0.426 e. The van der Waals surface area contributed by atoms with Crippen molar-refractivity contribution in [2.75, 3.05) is 7.11 Å². The van der Waals surface area contributed by atoms with Crippen molar-refractivity contribution in [3.63, 3.8) is 0 Å². The molecule has 1 nitrogen and oxygen atoms in total. The van der Waals surface area contributed by atoms with Crippen LogP contribution in [-0.2, 0) is 0 Å². The fraction of sp³-hybridized carbons (Fsp3) is 0.600. The zero-order valence-corrected chi connectivity index (χ0v) is 6.47. The molecule has 0 amide bonds. The molecule has 0 saturated carbocycles. The number of hydrogen-bond donors (Lipinski definition) is 1. The molecule has 0 bridgehead atoms. The first-order valence-electron chi connectivity index (χ1n) is 2.71. The van der Waals surface area contributed by atoms with E-state index in [0.29, 0.717) is 0 Å². The molecule has 0 aliphatic carbocycles. The third-order valence-electron chi connectivity index (χ3n) is 0.756. The summed E-state index contributed by atoms with van der Waals surface area (Å²) in [5.74, 6) is 0. The molecule has 0 radical (unpaired) electrons. The SMILES string of the molecule is CO.FC(F)=C(C(F)(F)F)C(F)(F)F. The van der Waals surface area contributed by atoms with E-state index in [9.17, 15) is 35.1 Å². The lowest BCUT2D eigenvalue weighted by Crippen LogP contribution is -2.26. The minimum Gasteiger partial charge on any atom is -0.400 e. The van der Waals surface area contributed by atoms with Crippen molar-refractivity contribution < 1.29 is 40.2 Å². The molecule has 0 aromatic rings. The minimum absolute atomic E-state index is 1.00. The Balaban J connectivity index is 0. The smallest absolute Gasteiger partial charge is 0.400 e. The molecule has 1 N–H and O–H groups in total. The standard InChI is InChI=1S/C4F8.CH4O/c5-2(6)1(3(7,8)9)4(10,11)12;1-2/h;2H,1H3. The van der Waals surface area contributed by atoms with Crippen molar-refractivity contribution >= 4 is 0 Å². The molecule has 0 spiro atoms. The average molecular weight is 232 g/mol. The first-order valence-corrected chi connectivity index (χ1v) is 2.71. The highest BCUT2D eigenvalue weighted by atomic mass is 19.4. The summed E-state index contributed by atoms with van der Waals surface area (Å²) in [5, 5.41) is 7.00. The second-order valence-corrected chi connectivity index (χ2v) is 1.63. The van der Waals surface area contributed by atoms with Gasteiger partial charge in [-0.3, -0.25) is 0 Å². The lowest BCUT2D eigenvalue weighted by atomic mass is 10.3. The van der Waals surface area contributed by atoms with Crippen molar-refractivity contribution in [1.82, 2.24) is 0 Å². The van der Waals surface area contributed by atoms with Gasteiger partial charge in [-0.1, -0.05) is 0 Å². The Bertz CT molecular complexity index is 179. The van der Waals surface area contributed by atoms with Crippen molar-refractivity contribution in [1.29, 1.82) is 0 Å². The van der Waals surface area contributed by atoms with E-state index in [4.69, 9.17) is 5.11 Å². The molecule has 0 fully saturated rings. The Kier molecular flexibility index (Phi) is 5.72. The van der Waals surface area contributed by atoms with Gasteiger partial charge in [0.25, 0.3) is 6.08 Å². The van der Waals surface area contributed by atoms with Crippen LogP contribution in [0, 0.1) is 0 Å². The number of hydrogen-bond acceptors (Lipinski definition) is 1. The number of aliphatic hydroxyl groups is 1. The van der Waals surface area contributed by atoms with Crippen LogP contribution in [0.1, 0.15) is 0 Å². The summed E-state index contributed by atoms with van der Waals surface area (Å²) in [6.45, 7) is 0. The van der Waals surface area contributed by atoms with E-state index in [1.807, 2.05) is 0 Å². The summed E-state index contributed by atoms with van der Waals surface area (Å²) in [4.78, 5) is 0. The van der Waals surface area contributed by atoms with E-state index in [1.54, 1.807) is 0 Å². The van der Waals surface area contributed by atoms with Crippen LogP contribution < -0.4 is 0 Å². The van der Waals surface area contributed by atoms with Crippen molar-refractivity contribution in [3.8, 4) is 0 Å². The van der Waals surface area contributed by atoms with E-state index < -0.39 is 24.0 Å². The van der Waals surface area contributed by atoms with Gasteiger partial charge in [0.15, 0.2) is 0 Å². The molecule has 0 aromatic carbocycles. The van der Waals surface area contributed by atoms with Gasteiger partial charge in [-0.25, -0.2) is 0 Å². The first kappa shape index (κ1) is 15.6. The van der Waals surface area contributed by atoms with Crippen LogP contribution in [0.15, 0.2) is 11.7 Å². The monoisotopic (exact) mass is 232 g/mol. The molecule has 0 atom stereocenters. The highest BCUT2D eigenvalue weighted by Crippen LogP contribution is 2.41. The summed E-state index contributed by atoms with van der Waals surface area (Å²) in [7, 11) is 1.00. The van der Waals surface area contributed by atoms with Gasteiger partial charge >= 0.3 is 12.4 Å². The number of rotatable bonds is 0. The number of aliphatic hydroxyl groups excluding tert-OH is 1. The van der Waals surface area contributed by atoms with E-state index >= 15 is 0 Å². The molecular formula is C5H4F8O. The molecule has 0 rings (SSSR count). The van der Waals surface area contributed by atoms with E-state index in [2.05, 4.69) is 0 Å². The van der Waals surface area contributed by atoms with Crippen molar-refractivity contribution in [3.05, 3.63) is 11.7 Å². The Morgan fingerprint density at radius 1 is 0.786 bits per heavy atom. The number of alkyl halides is 6. The van der Waals surface area contributed by atoms with Crippen LogP contribution in [0.4, 0.5) is 35.1 Å². The van der Waals surface area contributed by atoms with Gasteiger partial charge in [-0.2, -0.15) is 35.1 Å². The van der Waals surface area contributed by atoms with Crippen LogP contribution in [0.25, 0.3) is 0 Å². The summed E-state index contributed by atoms with van der Waals surface area (Å²) in [6, 6.07) is 0. The summed E-state index contributed by atoms with van der Waals surface area (Å²) in [6.07, 6.45) is -15.9. The zero-order valence-electron chi connectivity index (χ0n) is 6.47. The Morgan fingerprint density at radius 3 is 1.00 bits per heavy atom. The second-order valence-electron chi connectivity index (χ2n) is 1.63. The predicted molar refractivity (Wildman–Crippen MR) is 29.5 cm³/mol. The lowest BCUT2D eigenvalue weighted by Gasteiger charge is -2.12. The third-order valence-corrected chi connectivity index (χ3v) is 0.756. The van der Waals surface area contributed by atoms with Crippen molar-refractivity contribution in [2.24, 2.45) is 0 Å². The first-order chi connectivity index (χ1) is 6.07. The molecule has 0 aromatic heterocycles. The molecule has 9 heteroatoms. The predicted octanol–water partition coefficient (Wildman–Crippen LogP) is 2.87.